The molecule has 1 unspecified atom stereocenters. The molecular weight excluding hydrogens is 136 g/mol. The molecule has 0 saturated heterocycles. The third-order valence-corrected chi connectivity index (χ3v) is 2.07. The normalized spacial score (nSPS) is 21.7. The zero-order chi connectivity index (χ0) is 7.68. The van der Waals surface area contributed by atoms with Crippen LogP contribution in [0.1, 0.15) is 23.7 Å². The van der Waals surface area contributed by atoms with Gasteiger partial charge in [-0.15, -0.1) is 0 Å². The summed E-state index contributed by atoms with van der Waals surface area (Å²) in [4.78, 5) is 0. The number of rotatable bonds is 1. The van der Waals surface area contributed by atoms with Crippen LogP contribution in [0.3, 0.4) is 0 Å². The van der Waals surface area contributed by atoms with Gasteiger partial charge >= 0.3 is 0 Å². The Bertz CT molecular complexity index is 255. The van der Waals surface area contributed by atoms with Crippen LogP contribution < -0.4 is 0 Å². The fraction of sp³-hybridized carbons (Fsp3) is 0.300. The lowest BCUT2D eigenvalue weighted by Gasteiger charge is -2.07. The molecular formula is C10H10O. The quantitative estimate of drug-likeness (QED) is 0.590. The summed E-state index contributed by atoms with van der Waals surface area (Å²) in [5.74, 6) is 0. The summed E-state index contributed by atoms with van der Waals surface area (Å²) < 4.78 is 5.28. The summed E-state index contributed by atoms with van der Waals surface area (Å²) >= 11 is 0. The minimum absolute atomic E-state index is 0.242. The van der Waals surface area contributed by atoms with Gasteiger partial charge in [0.05, 0.1) is 6.10 Å². The van der Waals surface area contributed by atoms with Crippen molar-refractivity contribution in [3.8, 4) is 0 Å². The van der Waals surface area contributed by atoms with Gasteiger partial charge in [-0.1, -0.05) is 24.3 Å². The third-order valence-electron chi connectivity index (χ3n) is 2.07. The molecule has 0 saturated carbocycles. The second-order valence-electron chi connectivity index (χ2n) is 2.69. The minimum Gasteiger partial charge on any atom is -0.377 e. The van der Waals surface area contributed by atoms with Gasteiger partial charge in [0.15, 0.2) is 0 Å². The maximum Gasteiger partial charge on any atom is 0.0833 e. The molecule has 0 spiro atoms. The Labute approximate surface area is 67.0 Å². The highest BCUT2D eigenvalue weighted by Crippen LogP contribution is 2.34. The van der Waals surface area contributed by atoms with E-state index in [0.717, 1.165) is 6.42 Å². The molecule has 1 aromatic carbocycles. The fourth-order valence-electron chi connectivity index (χ4n) is 1.46. The lowest BCUT2D eigenvalue weighted by atomic mass is 10.1. The van der Waals surface area contributed by atoms with Gasteiger partial charge in [0.2, 0.25) is 0 Å². The van der Waals surface area contributed by atoms with Crippen molar-refractivity contribution in [2.45, 2.75) is 12.5 Å². The smallest absolute Gasteiger partial charge is 0.0833 e. The van der Waals surface area contributed by atoms with E-state index in [9.17, 15) is 0 Å². The predicted octanol–water partition coefficient (Wildman–Crippen LogP) is 2.21. The predicted molar refractivity (Wildman–Crippen MR) is 43.2 cm³/mol. The Morgan fingerprint density at radius 2 is 2.27 bits per heavy atom. The number of hydrogen-bond acceptors (Lipinski definition) is 1. The average Bonchev–Trinajstić information content (AvgIpc) is 2.47. The van der Waals surface area contributed by atoms with Crippen LogP contribution in [0.4, 0.5) is 0 Å². The van der Waals surface area contributed by atoms with Crippen LogP contribution in [0.5, 0.6) is 0 Å². The number of benzene rings is 1. The van der Waals surface area contributed by atoms with Gasteiger partial charge in [0.1, 0.15) is 0 Å². The van der Waals surface area contributed by atoms with E-state index in [1.54, 1.807) is 7.11 Å². The molecule has 0 amide bonds. The monoisotopic (exact) mass is 146 g/mol. The lowest BCUT2D eigenvalue weighted by molar-refractivity contribution is 0.110. The molecule has 2 rings (SSSR count). The second-order valence-corrected chi connectivity index (χ2v) is 2.69. The molecule has 0 aliphatic heterocycles. The first-order valence-corrected chi connectivity index (χ1v) is 3.77. The van der Waals surface area contributed by atoms with E-state index in [1.807, 2.05) is 12.1 Å². The van der Waals surface area contributed by atoms with E-state index in [0.29, 0.717) is 0 Å². The van der Waals surface area contributed by atoms with Crippen LogP contribution >= 0.6 is 0 Å². The van der Waals surface area contributed by atoms with E-state index >= 15 is 0 Å². The highest BCUT2D eigenvalue weighted by atomic mass is 16.5. The van der Waals surface area contributed by atoms with Crippen molar-refractivity contribution in [2.24, 2.45) is 0 Å². The molecule has 0 bridgehead atoms. The van der Waals surface area contributed by atoms with Crippen LogP contribution in [-0.4, -0.2) is 7.11 Å². The zero-order valence-corrected chi connectivity index (χ0v) is 6.50. The number of hydrogen-bond donors (Lipinski definition) is 0. The lowest BCUT2D eigenvalue weighted by Crippen LogP contribution is -1.94. The standard InChI is InChI=1S/C10H10O/c1-11-10-7-6-8-4-2-3-5-9(8)10/h2-5,10H,7H2,1H3. The Morgan fingerprint density at radius 3 is 3.09 bits per heavy atom. The van der Waals surface area contributed by atoms with Gasteiger partial charge in [-0.05, 0) is 17.5 Å². The maximum absolute atomic E-state index is 5.28. The molecule has 0 aromatic heterocycles. The molecule has 2 radical (unpaired) electrons. The van der Waals surface area contributed by atoms with Crippen molar-refractivity contribution in [1.82, 2.24) is 0 Å². The van der Waals surface area contributed by atoms with Crippen LogP contribution in [0.25, 0.3) is 0 Å². The van der Waals surface area contributed by atoms with Crippen molar-refractivity contribution >= 4 is 0 Å². The molecule has 0 heterocycles. The van der Waals surface area contributed by atoms with Gasteiger partial charge in [0.25, 0.3) is 0 Å². The van der Waals surface area contributed by atoms with Crippen molar-refractivity contribution < 1.29 is 4.74 Å². The molecule has 11 heavy (non-hydrogen) atoms. The van der Waals surface area contributed by atoms with Crippen LogP contribution in [0.2, 0.25) is 0 Å². The molecule has 56 valence electrons. The van der Waals surface area contributed by atoms with Crippen molar-refractivity contribution in [3.05, 3.63) is 41.8 Å². The summed E-state index contributed by atoms with van der Waals surface area (Å²) in [5, 5.41) is 0. The molecule has 1 aliphatic rings. The summed E-state index contributed by atoms with van der Waals surface area (Å²) in [6.07, 6.45) is 4.42. The summed E-state index contributed by atoms with van der Waals surface area (Å²) in [6, 6.07) is 8.25. The van der Waals surface area contributed by atoms with E-state index in [4.69, 9.17) is 4.74 Å². The molecule has 0 fully saturated rings. The van der Waals surface area contributed by atoms with Gasteiger partial charge in [-0.25, -0.2) is 0 Å². The maximum atomic E-state index is 5.28. The average molecular weight is 146 g/mol. The molecule has 1 atom stereocenters. The van der Waals surface area contributed by atoms with Gasteiger partial charge in [0, 0.05) is 13.5 Å². The number of methoxy groups -OCH3 is 1. The first-order valence-electron chi connectivity index (χ1n) is 3.77. The van der Waals surface area contributed by atoms with E-state index < -0.39 is 0 Å². The van der Waals surface area contributed by atoms with E-state index in [-0.39, 0.29) is 6.10 Å². The highest BCUT2D eigenvalue weighted by Gasteiger charge is 2.21. The molecule has 0 N–H and O–H groups in total. The van der Waals surface area contributed by atoms with Crippen LogP contribution in [0.15, 0.2) is 24.3 Å². The SMILES string of the molecule is COC1C[C]c2ccccc21. The summed E-state index contributed by atoms with van der Waals surface area (Å²) in [6.45, 7) is 0. The topological polar surface area (TPSA) is 9.23 Å². The van der Waals surface area contributed by atoms with Gasteiger partial charge < -0.3 is 4.74 Å². The first kappa shape index (κ1) is 6.86. The number of ether oxygens (including phenoxy) is 1. The highest BCUT2D eigenvalue weighted by molar-refractivity contribution is 5.39. The Kier molecular flexibility index (Phi) is 1.66. The summed E-state index contributed by atoms with van der Waals surface area (Å²) in [5.41, 5.74) is 2.48. The van der Waals surface area contributed by atoms with Gasteiger partial charge in [-0.3, -0.25) is 0 Å². The Hall–Kier alpha value is -0.820. The number of fused-ring (bicyclic) bond motifs is 1. The van der Waals surface area contributed by atoms with Crippen LogP contribution in [-0.2, 0) is 4.74 Å². The Balaban J connectivity index is 2.39. The van der Waals surface area contributed by atoms with Crippen LogP contribution in [0, 0.1) is 6.42 Å². The largest absolute Gasteiger partial charge is 0.377 e. The summed E-state index contributed by atoms with van der Waals surface area (Å²) in [7, 11) is 1.74. The van der Waals surface area contributed by atoms with E-state index in [2.05, 4.69) is 18.6 Å². The molecule has 1 aliphatic carbocycles. The molecule has 1 heteroatoms. The van der Waals surface area contributed by atoms with Crippen molar-refractivity contribution in [1.29, 1.82) is 0 Å². The van der Waals surface area contributed by atoms with E-state index in [1.165, 1.54) is 11.1 Å². The fourth-order valence-corrected chi connectivity index (χ4v) is 1.46. The Morgan fingerprint density at radius 1 is 1.45 bits per heavy atom. The first-order chi connectivity index (χ1) is 5.42. The molecule has 1 nitrogen and oxygen atoms in total. The second kappa shape index (κ2) is 2.67. The van der Waals surface area contributed by atoms with Gasteiger partial charge in [-0.2, -0.15) is 0 Å². The minimum atomic E-state index is 0.242. The third kappa shape index (κ3) is 1.05. The zero-order valence-electron chi connectivity index (χ0n) is 6.50. The molecule has 1 aromatic rings. The van der Waals surface area contributed by atoms with Crippen molar-refractivity contribution in [3.63, 3.8) is 0 Å². The van der Waals surface area contributed by atoms with Crippen molar-refractivity contribution in [2.75, 3.05) is 7.11 Å².